The van der Waals surface area contributed by atoms with E-state index in [4.69, 9.17) is 0 Å². The molecule has 0 bridgehead atoms. The fourth-order valence-electron chi connectivity index (χ4n) is 2.66. The molecule has 1 aliphatic heterocycles. The molecule has 0 saturated carbocycles. The molecular weight excluding hydrogens is 312 g/mol. The van der Waals surface area contributed by atoms with Crippen LogP contribution in [0.5, 0.6) is 0 Å². The zero-order valence-electron chi connectivity index (χ0n) is 13.4. The Kier molecular flexibility index (Phi) is 6.36. The Balaban J connectivity index is 1.73. The molecule has 0 unspecified atom stereocenters. The number of allylic oxidation sites excluding steroid dienone is 1. The Morgan fingerprint density at radius 1 is 1.35 bits per heavy atom. The number of nitrogens with one attached hydrogen (secondary N) is 1. The average molecular weight is 336 g/mol. The zero-order valence-corrected chi connectivity index (χ0v) is 14.3. The van der Waals surface area contributed by atoms with E-state index in [0.717, 1.165) is 18.4 Å². The largest absolute Gasteiger partial charge is 0.352 e. The number of carbonyl (C=O) groups excluding carboxylic acids is 1. The molecule has 1 heterocycles. The lowest BCUT2D eigenvalue weighted by Crippen LogP contribution is -2.49. The molecule has 0 aromatic heterocycles. The quantitative estimate of drug-likeness (QED) is 0.864. The van der Waals surface area contributed by atoms with Gasteiger partial charge in [0, 0.05) is 25.6 Å². The highest BCUT2D eigenvalue weighted by molar-refractivity contribution is 7.88. The molecule has 1 aromatic rings. The maximum absolute atomic E-state index is 12.0. The van der Waals surface area contributed by atoms with Gasteiger partial charge in [-0.1, -0.05) is 42.5 Å². The van der Waals surface area contributed by atoms with Crippen molar-refractivity contribution in [2.24, 2.45) is 0 Å². The normalized spacial score (nSPS) is 19.8. The third kappa shape index (κ3) is 6.15. The van der Waals surface area contributed by atoms with Crippen molar-refractivity contribution in [3.63, 3.8) is 0 Å². The number of amides is 1. The molecule has 5 nitrogen and oxygen atoms in total. The molecule has 1 aromatic carbocycles. The molecule has 1 atom stereocenters. The highest BCUT2D eigenvalue weighted by Crippen LogP contribution is 2.13. The van der Waals surface area contributed by atoms with Crippen LogP contribution in [-0.4, -0.2) is 44.0 Å². The van der Waals surface area contributed by atoms with Crippen molar-refractivity contribution in [2.75, 3.05) is 19.3 Å². The molecule has 0 radical (unpaired) electrons. The fraction of sp³-hybridized carbons (Fsp3) is 0.471. The number of nitrogens with zero attached hydrogens (tertiary/aromatic N) is 1. The molecule has 1 aliphatic rings. The number of hydrogen-bond acceptors (Lipinski definition) is 3. The molecule has 1 saturated heterocycles. The SMILES string of the molecule is CS(=O)(=O)N1CCC[C@H](NC(=O)CC/C=C\c2ccccc2)C1. The zero-order chi connectivity index (χ0) is 16.7. The van der Waals surface area contributed by atoms with Crippen LogP contribution in [0.3, 0.4) is 0 Å². The number of carbonyl (C=O) groups is 1. The number of hydrogen-bond donors (Lipinski definition) is 1. The van der Waals surface area contributed by atoms with Gasteiger partial charge < -0.3 is 5.32 Å². The van der Waals surface area contributed by atoms with Crippen molar-refractivity contribution in [3.05, 3.63) is 42.0 Å². The highest BCUT2D eigenvalue weighted by Gasteiger charge is 2.26. The van der Waals surface area contributed by atoms with Crippen LogP contribution in [-0.2, 0) is 14.8 Å². The van der Waals surface area contributed by atoms with Gasteiger partial charge in [-0.05, 0) is 24.8 Å². The van der Waals surface area contributed by atoms with Crippen molar-refractivity contribution in [2.45, 2.75) is 31.7 Å². The van der Waals surface area contributed by atoms with E-state index in [9.17, 15) is 13.2 Å². The van der Waals surface area contributed by atoms with Crippen LogP contribution < -0.4 is 5.32 Å². The third-order valence-corrected chi connectivity index (χ3v) is 5.14. The van der Waals surface area contributed by atoms with Crippen LogP contribution in [0, 0.1) is 0 Å². The van der Waals surface area contributed by atoms with Crippen molar-refractivity contribution in [3.8, 4) is 0 Å². The maximum atomic E-state index is 12.0. The van der Waals surface area contributed by atoms with Gasteiger partial charge in [-0.2, -0.15) is 0 Å². The summed E-state index contributed by atoms with van der Waals surface area (Å²) >= 11 is 0. The first kappa shape index (κ1) is 17.7. The second kappa shape index (κ2) is 8.26. The number of rotatable bonds is 6. The number of sulfonamides is 1. The molecule has 23 heavy (non-hydrogen) atoms. The van der Waals surface area contributed by atoms with Gasteiger partial charge in [-0.15, -0.1) is 0 Å². The molecule has 1 amide bonds. The van der Waals surface area contributed by atoms with Crippen LogP contribution in [0.4, 0.5) is 0 Å². The van der Waals surface area contributed by atoms with Crippen LogP contribution in [0.25, 0.3) is 6.08 Å². The summed E-state index contributed by atoms with van der Waals surface area (Å²) in [6, 6.07) is 9.86. The summed E-state index contributed by atoms with van der Waals surface area (Å²) < 4.78 is 24.6. The predicted molar refractivity (Wildman–Crippen MR) is 92.3 cm³/mol. The second-order valence-corrected chi connectivity index (χ2v) is 7.86. The first-order valence-corrected chi connectivity index (χ1v) is 9.76. The molecule has 0 aliphatic carbocycles. The van der Waals surface area contributed by atoms with Gasteiger partial charge in [0.25, 0.3) is 0 Å². The standard InChI is InChI=1S/C17H24N2O3S/c1-23(21,22)19-13-7-11-16(14-19)18-17(20)12-6-5-10-15-8-3-2-4-9-15/h2-5,8-10,16H,6-7,11-14H2,1H3,(H,18,20)/b10-5-/t16-/m0/s1. The number of benzene rings is 1. The van der Waals surface area contributed by atoms with Crippen molar-refractivity contribution in [1.29, 1.82) is 0 Å². The van der Waals surface area contributed by atoms with Gasteiger partial charge in [-0.3, -0.25) is 4.79 Å². The molecule has 6 heteroatoms. The monoisotopic (exact) mass is 336 g/mol. The van der Waals surface area contributed by atoms with Gasteiger partial charge in [0.15, 0.2) is 0 Å². The van der Waals surface area contributed by atoms with Gasteiger partial charge >= 0.3 is 0 Å². The summed E-state index contributed by atoms with van der Waals surface area (Å²) in [7, 11) is -3.18. The smallest absolute Gasteiger partial charge is 0.220 e. The Hall–Kier alpha value is -1.66. The number of piperidine rings is 1. The van der Waals surface area contributed by atoms with E-state index in [0.29, 0.717) is 25.9 Å². The van der Waals surface area contributed by atoms with E-state index < -0.39 is 10.0 Å². The van der Waals surface area contributed by atoms with E-state index in [1.165, 1.54) is 10.6 Å². The van der Waals surface area contributed by atoms with E-state index in [1.807, 2.05) is 42.5 Å². The van der Waals surface area contributed by atoms with E-state index in [-0.39, 0.29) is 11.9 Å². The van der Waals surface area contributed by atoms with Gasteiger partial charge in [-0.25, -0.2) is 12.7 Å². The lowest BCUT2D eigenvalue weighted by atomic mass is 10.1. The molecule has 0 spiro atoms. The first-order valence-electron chi connectivity index (χ1n) is 7.91. The molecular formula is C17H24N2O3S. The van der Waals surface area contributed by atoms with E-state index in [1.54, 1.807) is 0 Å². The highest BCUT2D eigenvalue weighted by atomic mass is 32.2. The Morgan fingerprint density at radius 3 is 2.78 bits per heavy atom. The summed E-state index contributed by atoms with van der Waals surface area (Å²) in [4.78, 5) is 12.0. The van der Waals surface area contributed by atoms with Crippen LogP contribution >= 0.6 is 0 Å². The minimum Gasteiger partial charge on any atom is -0.352 e. The second-order valence-electron chi connectivity index (χ2n) is 5.88. The summed E-state index contributed by atoms with van der Waals surface area (Å²) in [6.45, 7) is 0.926. The van der Waals surface area contributed by atoms with Crippen LogP contribution in [0.1, 0.15) is 31.2 Å². The van der Waals surface area contributed by atoms with Gasteiger partial charge in [0.2, 0.25) is 15.9 Å². The first-order chi connectivity index (χ1) is 10.9. The Bertz CT molecular complexity index is 641. The van der Waals surface area contributed by atoms with Crippen molar-refractivity contribution < 1.29 is 13.2 Å². The molecule has 1 fully saturated rings. The topological polar surface area (TPSA) is 66.5 Å². The lowest BCUT2D eigenvalue weighted by molar-refractivity contribution is -0.122. The van der Waals surface area contributed by atoms with E-state index >= 15 is 0 Å². The Labute approximate surface area is 138 Å². The van der Waals surface area contributed by atoms with Crippen LogP contribution in [0.15, 0.2) is 36.4 Å². The summed E-state index contributed by atoms with van der Waals surface area (Å²) in [6.07, 6.45) is 7.90. The summed E-state index contributed by atoms with van der Waals surface area (Å²) in [5, 5.41) is 2.94. The average Bonchev–Trinajstić information content (AvgIpc) is 2.52. The maximum Gasteiger partial charge on any atom is 0.220 e. The molecule has 1 N–H and O–H groups in total. The molecule has 126 valence electrons. The van der Waals surface area contributed by atoms with Gasteiger partial charge in [0.05, 0.1) is 6.26 Å². The molecule has 2 rings (SSSR count). The summed E-state index contributed by atoms with van der Waals surface area (Å²) in [5.74, 6) is -0.0249. The fourth-order valence-corrected chi connectivity index (χ4v) is 3.57. The van der Waals surface area contributed by atoms with Crippen molar-refractivity contribution >= 4 is 22.0 Å². The van der Waals surface area contributed by atoms with Gasteiger partial charge in [0.1, 0.15) is 0 Å². The van der Waals surface area contributed by atoms with Crippen molar-refractivity contribution in [1.82, 2.24) is 9.62 Å². The predicted octanol–water partition coefficient (Wildman–Crippen LogP) is 2.02. The minimum atomic E-state index is -3.18. The van der Waals surface area contributed by atoms with Crippen LogP contribution in [0.2, 0.25) is 0 Å². The Morgan fingerprint density at radius 2 is 2.09 bits per heavy atom. The lowest BCUT2D eigenvalue weighted by Gasteiger charge is -2.31. The van der Waals surface area contributed by atoms with E-state index in [2.05, 4.69) is 5.32 Å². The third-order valence-electron chi connectivity index (χ3n) is 3.87. The minimum absolute atomic E-state index is 0.0249. The summed E-state index contributed by atoms with van der Waals surface area (Å²) in [5.41, 5.74) is 1.11.